The number of carbonyl (C=O) groups is 3. The molecule has 0 saturated heterocycles. The number of thioether (sulfide) groups is 1. The van der Waals surface area contributed by atoms with E-state index in [1.807, 2.05) is 13.0 Å². The van der Waals surface area contributed by atoms with E-state index in [1.165, 1.54) is 23.9 Å². The predicted molar refractivity (Wildman–Crippen MR) is 190 cm³/mol. The van der Waals surface area contributed by atoms with E-state index >= 15 is 0 Å². The molecule has 1 atom stereocenters. The van der Waals surface area contributed by atoms with E-state index in [0.29, 0.717) is 39.6 Å². The Morgan fingerprint density at radius 1 is 0.760 bits per heavy atom. The zero-order valence-corrected chi connectivity index (χ0v) is 27.6. The van der Waals surface area contributed by atoms with Gasteiger partial charge in [-0.05, 0) is 79.2 Å². The molecule has 50 heavy (non-hydrogen) atoms. The summed E-state index contributed by atoms with van der Waals surface area (Å²) in [5.74, 6) is -1.01. The second-order valence-corrected chi connectivity index (χ2v) is 12.0. The molecule has 0 saturated carbocycles. The van der Waals surface area contributed by atoms with Crippen LogP contribution in [0.2, 0.25) is 0 Å². The monoisotopic (exact) mass is 695 g/mol. The van der Waals surface area contributed by atoms with Gasteiger partial charge in [0.15, 0.2) is 0 Å². The molecule has 11 heteroatoms. The Labute approximate surface area is 291 Å². The van der Waals surface area contributed by atoms with Gasteiger partial charge in [-0.3, -0.25) is 14.4 Å². The second-order valence-electron chi connectivity index (χ2n) is 10.8. The van der Waals surface area contributed by atoms with Crippen molar-refractivity contribution in [1.29, 1.82) is 0 Å². The van der Waals surface area contributed by atoms with Gasteiger partial charge in [-0.2, -0.15) is 13.2 Å². The molecule has 0 aliphatic heterocycles. The first-order valence-electron chi connectivity index (χ1n) is 15.5. The fourth-order valence-electron chi connectivity index (χ4n) is 4.82. The van der Waals surface area contributed by atoms with Gasteiger partial charge in [0, 0.05) is 27.4 Å². The minimum Gasteiger partial charge on any atom is -0.493 e. The van der Waals surface area contributed by atoms with Crippen molar-refractivity contribution < 1.29 is 32.3 Å². The van der Waals surface area contributed by atoms with Crippen molar-refractivity contribution in [1.82, 2.24) is 5.32 Å². The van der Waals surface area contributed by atoms with E-state index in [4.69, 9.17) is 4.74 Å². The van der Waals surface area contributed by atoms with Gasteiger partial charge in [-0.15, -0.1) is 11.8 Å². The van der Waals surface area contributed by atoms with Gasteiger partial charge in [0.05, 0.1) is 12.2 Å². The number of rotatable bonds is 12. The Morgan fingerprint density at radius 2 is 1.42 bits per heavy atom. The summed E-state index contributed by atoms with van der Waals surface area (Å²) in [5.41, 5.74) is 1.17. The van der Waals surface area contributed by atoms with E-state index in [0.717, 1.165) is 12.1 Å². The number of benzene rings is 5. The molecular formula is C39H32F3N3O4S. The van der Waals surface area contributed by atoms with Crippen molar-refractivity contribution in [3.8, 4) is 5.75 Å². The fourth-order valence-corrected chi connectivity index (χ4v) is 5.84. The highest BCUT2D eigenvalue weighted by atomic mass is 32.2. The van der Waals surface area contributed by atoms with Crippen LogP contribution in [0.3, 0.4) is 0 Å². The zero-order chi connectivity index (χ0) is 35.5. The maximum absolute atomic E-state index is 13.6. The number of para-hydroxylation sites is 1. The minimum absolute atomic E-state index is 0.0140. The molecule has 0 bridgehead atoms. The molecule has 3 amide bonds. The topological polar surface area (TPSA) is 96.5 Å². The molecule has 5 aromatic carbocycles. The maximum Gasteiger partial charge on any atom is 0.416 e. The number of hydrogen-bond donors (Lipinski definition) is 3. The summed E-state index contributed by atoms with van der Waals surface area (Å²) in [6.45, 7) is 2.25. The summed E-state index contributed by atoms with van der Waals surface area (Å²) in [7, 11) is 0. The largest absolute Gasteiger partial charge is 0.493 e. The van der Waals surface area contributed by atoms with Crippen LogP contribution in [0.5, 0.6) is 5.75 Å². The number of anilines is 2. The number of hydrogen-bond acceptors (Lipinski definition) is 5. The van der Waals surface area contributed by atoms with Crippen LogP contribution in [0, 0.1) is 0 Å². The summed E-state index contributed by atoms with van der Waals surface area (Å²) < 4.78 is 45.5. The van der Waals surface area contributed by atoms with Crippen LogP contribution >= 0.6 is 11.8 Å². The van der Waals surface area contributed by atoms with Crippen molar-refractivity contribution in [3.63, 3.8) is 0 Å². The molecule has 0 radical (unpaired) electrons. The second kappa shape index (κ2) is 16.5. The third-order valence-corrected chi connectivity index (χ3v) is 8.48. The molecular weight excluding hydrogens is 664 g/mol. The van der Waals surface area contributed by atoms with Crippen LogP contribution in [-0.4, -0.2) is 24.3 Å². The molecule has 0 fully saturated rings. The van der Waals surface area contributed by atoms with Crippen LogP contribution in [-0.2, 0) is 15.8 Å². The van der Waals surface area contributed by atoms with Crippen LogP contribution in [0.25, 0.3) is 6.08 Å². The van der Waals surface area contributed by atoms with E-state index in [-0.39, 0.29) is 11.4 Å². The lowest BCUT2D eigenvalue weighted by Crippen LogP contribution is -2.30. The van der Waals surface area contributed by atoms with Gasteiger partial charge in [-0.25, -0.2) is 0 Å². The Kier molecular flexibility index (Phi) is 11.7. The highest BCUT2D eigenvalue weighted by molar-refractivity contribution is 8.00. The van der Waals surface area contributed by atoms with Gasteiger partial charge in [0.1, 0.15) is 16.7 Å². The van der Waals surface area contributed by atoms with Crippen molar-refractivity contribution in [2.75, 3.05) is 17.2 Å². The fraction of sp³-hybridized carbons (Fsp3) is 0.103. The van der Waals surface area contributed by atoms with Crippen molar-refractivity contribution in [2.24, 2.45) is 0 Å². The molecule has 0 aromatic heterocycles. The lowest BCUT2D eigenvalue weighted by atomic mass is 10.1. The number of amides is 3. The zero-order valence-electron chi connectivity index (χ0n) is 26.7. The van der Waals surface area contributed by atoms with Crippen LogP contribution in [0.1, 0.15) is 39.2 Å². The molecule has 1 unspecified atom stereocenters. The Balaban J connectivity index is 1.35. The molecule has 0 aliphatic carbocycles. The molecule has 3 N–H and O–H groups in total. The van der Waals surface area contributed by atoms with Crippen LogP contribution in [0.4, 0.5) is 24.5 Å². The molecule has 0 spiro atoms. The molecule has 5 rings (SSSR count). The summed E-state index contributed by atoms with van der Waals surface area (Å²) in [6, 6.07) is 35.7. The highest BCUT2D eigenvalue weighted by Gasteiger charge is 2.31. The molecule has 0 heterocycles. The predicted octanol–water partition coefficient (Wildman–Crippen LogP) is 8.99. The Bertz CT molecular complexity index is 1970. The molecule has 254 valence electrons. The highest BCUT2D eigenvalue weighted by Crippen LogP contribution is 2.37. The van der Waals surface area contributed by atoms with E-state index < -0.39 is 34.7 Å². The first-order valence-corrected chi connectivity index (χ1v) is 16.4. The summed E-state index contributed by atoms with van der Waals surface area (Å²) in [6.07, 6.45) is -3.01. The quantitative estimate of drug-likeness (QED) is 0.0895. The molecule has 5 aromatic rings. The van der Waals surface area contributed by atoms with Gasteiger partial charge in [0.2, 0.25) is 5.91 Å². The van der Waals surface area contributed by atoms with Crippen molar-refractivity contribution in [2.45, 2.75) is 23.2 Å². The SMILES string of the molecule is CCOc1ccccc1/C=C(\NC(=O)c1ccccc1)C(=O)Nc1ccc(SC(C(=O)Nc2cccc(C(F)(F)F)c2)c2ccccc2)cc1. The number of carbonyl (C=O) groups excluding carboxylic acids is 3. The number of halogens is 3. The lowest BCUT2D eigenvalue weighted by molar-refractivity contribution is -0.137. The van der Waals surface area contributed by atoms with Gasteiger partial charge >= 0.3 is 6.18 Å². The van der Waals surface area contributed by atoms with Crippen LogP contribution < -0.4 is 20.7 Å². The number of nitrogens with one attached hydrogen (secondary N) is 3. The van der Waals surface area contributed by atoms with Gasteiger partial charge < -0.3 is 20.7 Å². The van der Waals surface area contributed by atoms with E-state index in [2.05, 4.69) is 16.0 Å². The summed E-state index contributed by atoms with van der Waals surface area (Å²) in [4.78, 5) is 40.8. The summed E-state index contributed by atoms with van der Waals surface area (Å²) in [5, 5.41) is 7.34. The van der Waals surface area contributed by atoms with Gasteiger partial charge in [-0.1, -0.05) is 72.8 Å². The van der Waals surface area contributed by atoms with E-state index in [1.54, 1.807) is 109 Å². The third-order valence-electron chi connectivity index (χ3n) is 7.21. The number of ether oxygens (including phenoxy) is 1. The first-order chi connectivity index (χ1) is 24.1. The summed E-state index contributed by atoms with van der Waals surface area (Å²) >= 11 is 1.20. The normalized spacial score (nSPS) is 12.0. The molecule has 7 nitrogen and oxygen atoms in total. The van der Waals surface area contributed by atoms with Crippen LogP contribution in [0.15, 0.2) is 144 Å². The Hall–Kier alpha value is -5.81. The maximum atomic E-state index is 13.6. The van der Waals surface area contributed by atoms with Crippen molar-refractivity contribution in [3.05, 3.63) is 161 Å². The molecule has 0 aliphatic rings. The number of alkyl halides is 3. The first kappa shape index (κ1) is 35.5. The standard InChI is InChI=1S/C39H32F3N3O4S/c1-2-49-34-19-10-9-16-28(34)24-33(45-36(46)27-14-7-4-8-15-27)37(47)43-30-20-22-32(23-21-30)50-35(26-12-5-3-6-13-26)38(48)44-31-18-11-17-29(25-31)39(40,41)42/h3-25,35H,2H2,1H3,(H,43,47)(H,44,48)(H,45,46)/b33-24-. The third kappa shape index (κ3) is 9.64. The van der Waals surface area contributed by atoms with Gasteiger partial charge in [0.25, 0.3) is 11.8 Å². The Morgan fingerprint density at radius 3 is 2.10 bits per heavy atom. The van der Waals surface area contributed by atoms with Crippen molar-refractivity contribution >= 4 is 46.9 Å². The average molecular weight is 696 g/mol. The average Bonchev–Trinajstić information content (AvgIpc) is 3.12. The minimum atomic E-state index is -4.55. The smallest absolute Gasteiger partial charge is 0.416 e. The van der Waals surface area contributed by atoms with E-state index in [9.17, 15) is 27.6 Å². The lowest BCUT2D eigenvalue weighted by Gasteiger charge is -2.18.